The van der Waals surface area contributed by atoms with E-state index in [1.54, 1.807) is 19.1 Å². The summed E-state index contributed by atoms with van der Waals surface area (Å²) < 4.78 is 0. The Kier molecular flexibility index (Phi) is 3.60. The number of nitrogens with two attached hydrogens (primary N) is 1. The van der Waals surface area contributed by atoms with Crippen molar-refractivity contribution in [2.24, 2.45) is 5.73 Å². The molecule has 0 heterocycles. The fraction of sp³-hybridized carbons (Fsp3) is 0.214. The number of fused-ring (bicyclic) bond motifs is 1. The van der Waals surface area contributed by atoms with Crippen molar-refractivity contribution in [3.05, 3.63) is 48.0 Å². The predicted octanol–water partition coefficient (Wildman–Crippen LogP) is 1.43. The Morgan fingerprint density at radius 1 is 1.17 bits per heavy atom. The lowest BCUT2D eigenvalue weighted by Gasteiger charge is -2.17. The van der Waals surface area contributed by atoms with Crippen molar-refractivity contribution in [2.75, 3.05) is 14.1 Å². The van der Waals surface area contributed by atoms with E-state index in [-0.39, 0.29) is 5.91 Å². The summed E-state index contributed by atoms with van der Waals surface area (Å²) in [4.78, 5) is 11.8. The van der Waals surface area contributed by atoms with Gasteiger partial charge >= 0.3 is 0 Å². The SMILES string of the molecule is CN(C)NC(=O)C(N)c1ccc2ccccc2c1. The summed E-state index contributed by atoms with van der Waals surface area (Å²) in [5.74, 6) is -0.213. The second kappa shape index (κ2) is 5.16. The summed E-state index contributed by atoms with van der Waals surface area (Å²) in [7, 11) is 3.51. The van der Waals surface area contributed by atoms with Gasteiger partial charge in [0.2, 0.25) is 0 Å². The van der Waals surface area contributed by atoms with Gasteiger partial charge in [0.25, 0.3) is 5.91 Å². The second-order valence-electron chi connectivity index (χ2n) is 4.45. The maximum Gasteiger partial charge on any atom is 0.255 e. The Balaban J connectivity index is 2.27. The van der Waals surface area contributed by atoms with Gasteiger partial charge in [-0.3, -0.25) is 10.2 Å². The van der Waals surface area contributed by atoms with Gasteiger partial charge in [-0.05, 0) is 22.4 Å². The quantitative estimate of drug-likeness (QED) is 0.802. The first kappa shape index (κ1) is 12.5. The van der Waals surface area contributed by atoms with E-state index >= 15 is 0 Å². The molecule has 0 saturated carbocycles. The van der Waals surface area contributed by atoms with Crippen molar-refractivity contribution < 1.29 is 4.79 Å². The van der Waals surface area contributed by atoms with Crippen LogP contribution in [0.25, 0.3) is 10.8 Å². The Hall–Kier alpha value is -1.91. The molecule has 1 amide bonds. The lowest BCUT2D eigenvalue weighted by atomic mass is 10.0. The number of rotatable bonds is 3. The van der Waals surface area contributed by atoms with Gasteiger partial charge in [0.05, 0.1) is 0 Å². The first-order valence-corrected chi connectivity index (χ1v) is 5.80. The van der Waals surface area contributed by atoms with E-state index in [9.17, 15) is 4.79 Å². The van der Waals surface area contributed by atoms with Gasteiger partial charge in [-0.15, -0.1) is 0 Å². The summed E-state index contributed by atoms with van der Waals surface area (Å²) in [6.07, 6.45) is 0. The molecule has 0 radical (unpaired) electrons. The molecule has 1 unspecified atom stereocenters. The van der Waals surface area contributed by atoms with Crippen molar-refractivity contribution in [1.82, 2.24) is 10.4 Å². The average Bonchev–Trinajstić information content (AvgIpc) is 2.36. The zero-order valence-electron chi connectivity index (χ0n) is 10.6. The van der Waals surface area contributed by atoms with Crippen molar-refractivity contribution in [3.8, 4) is 0 Å². The van der Waals surface area contributed by atoms with E-state index < -0.39 is 6.04 Å². The van der Waals surface area contributed by atoms with Gasteiger partial charge < -0.3 is 5.73 Å². The molecule has 4 heteroatoms. The van der Waals surface area contributed by atoms with Crippen LogP contribution in [0, 0.1) is 0 Å². The number of amides is 1. The maximum atomic E-state index is 11.8. The first-order chi connectivity index (χ1) is 8.58. The van der Waals surface area contributed by atoms with Gasteiger partial charge in [-0.2, -0.15) is 0 Å². The summed E-state index contributed by atoms with van der Waals surface area (Å²) in [6, 6.07) is 13.2. The zero-order chi connectivity index (χ0) is 13.1. The van der Waals surface area contributed by atoms with Gasteiger partial charge in [0.1, 0.15) is 6.04 Å². The van der Waals surface area contributed by atoms with E-state index in [4.69, 9.17) is 5.73 Å². The molecule has 18 heavy (non-hydrogen) atoms. The van der Waals surface area contributed by atoms with Crippen LogP contribution in [0.4, 0.5) is 0 Å². The number of hydrazine groups is 1. The monoisotopic (exact) mass is 243 g/mol. The number of benzene rings is 2. The minimum atomic E-state index is -0.656. The standard InChI is InChI=1S/C14H17N3O/c1-17(2)16-14(18)13(15)12-8-7-10-5-3-4-6-11(10)9-12/h3-9,13H,15H2,1-2H3,(H,16,18). The van der Waals surface area contributed by atoms with Crippen LogP contribution < -0.4 is 11.2 Å². The van der Waals surface area contributed by atoms with Gasteiger partial charge in [0.15, 0.2) is 0 Å². The van der Waals surface area contributed by atoms with Gasteiger partial charge in [-0.25, -0.2) is 5.01 Å². The highest BCUT2D eigenvalue weighted by Crippen LogP contribution is 2.19. The highest BCUT2D eigenvalue weighted by Gasteiger charge is 2.16. The molecule has 3 N–H and O–H groups in total. The molecule has 0 spiro atoms. The zero-order valence-corrected chi connectivity index (χ0v) is 10.6. The van der Waals surface area contributed by atoms with Crippen LogP contribution in [0.3, 0.4) is 0 Å². The third kappa shape index (κ3) is 2.67. The van der Waals surface area contributed by atoms with E-state index in [0.29, 0.717) is 0 Å². The molecule has 0 saturated heterocycles. The summed E-state index contributed by atoms with van der Waals surface area (Å²) in [6.45, 7) is 0. The topological polar surface area (TPSA) is 58.4 Å². The van der Waals surface area contributed by atoms with Crippen LogP contribution in [-0.4, -0.2) is 25.0 Å². The molecule has 0 aromatic heterocycles. The third-order valence-electron chi connectivity index (χ3n) is 2.75. The largest absolute Gasteiger partial charge is 0.316 e. The summed E-state index contributed by atoms with van der Waals surface area (Å²) in [5.41, 5.74) is 9.41. The molecule has 0 aliphatic heterocycles. The number of hydrogen-bond donors (Lipinski definition) is 2. The third-order valence-corrected chi connectivity index (χ3v) is 2.75. The Labute approximate surface area is 106 Å². The molecule has 0 aliphatic rings. The van der Waals surface area contributed by atoms with E-state index in [1.807, 2.05) is 42.5 Å². The normalized spacial score (nSPS) is 12.7. The summed E-state index contributed by atoms with van der Waals surface area (Å²) in [5, 5.41) is 3.81. The van der Waals surface area contributed by atoms with Crippen LogP contribution in [0.5, 0.6) is 0 Å². The number of carbonyl (C=O) groups is 1. The highest BCUT2D eigenvalue weighted by atomic mass is 16.2. The molecule has 94 valence electrons. The van der Waals surface area contributed by atoms with E-state index in [0.717, 1.165) is 16.3 Å². The smallest absolute Gasteiger partial charge is 0.255 e. The molecule has 0 bridgehead atoms. The number of nitrogens with one attached hydrogen (secondary N) is 1. The van der Waals surface area contributed by atoms with Crippen molar-refractivity contribution >= 4 is 16.7 Å². The van der Waals surface area contributed by atoms with Crippen molar-refractivity contribution in [2.45, 2.75) is 6.04 Å². The molecule has 0 aliphatic carbocycles. The average molecular weight is 243 g/mol. The molecular formula is C14H17N3O. The Bertz CT molecular complexity index is 566. The van der Waals surface area contributed by atoms with E-state index in [2.05, 4.69) is 5.43 Å². The summed E-state index contributed by atoms with van der Waals surface area (Å²) >= 11 is 0. The highest BCUT2D eigenvalue weighted by molar-refractivity contribution is 5.87. The Morgan fingerprint density at radius 2 is 1.83 bits per heavy atom. The van der Waals surface area contributed by atoms with Crippen LogP contribution >= 0.6 is 0 Å². The number of hydrogen-bond acceptors (Lipinski definition) is 3. The molecule has 1 atom stereocenters. The fourth-order valence-electron chi connectivity index (χ4n) is 1.84. The molecule has 2 rings (SSSR count). The van der Waals surface area contributed by atoms with Crippen LogP contribution in [0.1, 0.15) is 11.6 Å². The second-order valence-corrected chi connectivity index (χ2v) is 4.45. The van der Waals surface area contributed by atoms with Crippen molar-refractivity contribution in [3.63, 3.8) is 0 Å². The molecule has 2 aromatic carbocycles. The molecular weight excluding hydrogens is 226 g/mol. The molecule has 0 fully saturated rings. The van der Waals surface area contributed by atoms with Gasteiger partial charge in [-0.1, -0.05) is 36.4 Å². The minimum Gasteiger partial charge on any atom is -0.316 e. The molecule has 2 aromatic rings. The van der Waals surface area contributed by atoms with E-state index in [1.165, 1.54) is 0 Å². The number of nitrogens with zero attached hydrogens (tertiary/aromatic N) is 1. The van der Waals surface area contributed by atoms with Crippen LogP contribution in [0.15, 0.2) is 42.5 Å². The first-order valence-electron chi connectivity index (χ1n) is 5.80. The molecule has 4 nitrogen and oxygen atoms in total. The lowest BCUT2D eigenvalue weighted by Crippen LogP contribution is -2.41. The predicted molar refractivity (Wildman–Crippen MR) is 72.7 cm³/mol. The Morgan fingerprint density at radius 3 is 2.50 bits per heavy atom. The maximum absolute atomic E-state index is 11.8. The van der Waals surface area contributed by atoms with Crippen LogP contribution in [-0.2, 0) is 4.79 Å². The van der Waals surface area contributed by atoms with Crippen molar-refractivity contribution in [1.29, 1.82) is 0 Å². The minimum absolute atomic E-state index is 0.213. The van der Waals surface area contributed by atoms with Crippen LogP contribution in [0.2, 0.25) is 0 Å². The number of carbonyl (C=O) groups excluding carboxylic acids is 1. The fourth-order valence-corrected chi connectivity index (χ4v) is 1.84. The van der Waals surface area contributed by atoms with Gasteiger partial charge in [0, 0.05) is 14.1 Å². The lowest BCUT2D eigenvalue weighted by molar-refractivity contribution is -0.126.